The Hall–Kier alpha value is -0.610. The van der Waals surface area contributed by atoms with Crippen molar-refractivity contribution in [3.05, 3.63) is 0 Å². The Balaban J connectivity index is 2.05. The summed E-state index contributed by atoms with van der Waals surface area (Å²) in [5.74, 6) is -0.244. The topological polar surface area (TPSA) is 47.6 Å². The lowest BCUT2D eigenvalue weighted by Crippen LogP contribution is -2.32. The molecule has 0 spiro atoms. The van der Waals surface area contributed by atoms with Crippen molar-refractivity contribution >= 4 is 5.97 Å². The summed E-state index contributed by atoms with van der Waals surface area (Å²) in [5.41, 5.74) is 0. The molecule has 0 aliphatic carbocycles. The summed E-state index contributed by atoms with van der Waals surface area (Å²) in [4.78, 5) is 11.0. The average molecular weight is 201 g/mol. The van der Waals surface area contributed by atoms with Gasteiger partial charge in [0.15, 0.2) is 0 Å². The van der Waals surface area contributed by atoms with Gasteiger partial charge in [0.05, 0.1) is 19.1 Å². The maximum Gasteiger partial charge on any atom is 0.309 e. The highest BCUT2D eigenvalue weighted by molar-refractivity contribution is 5.71. The smallest absolute Gasteiger partial charge is 0.309 e. The fraction of sp³-hybridized carbons (Fsp3) is 0.900. The van der Waals surface area contributed by atoms with Crippen LogP contribution in [0, 0.1) is 5.92 Å². The second-order valence-corrected chi connectivity index (χ2v) is 3.72. The first-order valence-electron chi connectivity index (χ1n) is 5.14. The number of hydrogen-bond acceptors (Lipinski definition) is 4. The zero-order valence-electron chi connectivity index (χ0n) is 8.91. The summed E-state index contributed by atoms with van der Waals surface area (Å²) in [7, 11) is 1.42. The maximum atomic E-state index is 11.0. The van der Waals surface area contributed by atoms with Crippen molar-refractivity contribution in [3.63, 3.8) is 0 Å². The number of methoxy groups -OCH3 is 1. The van der Waals surface area contributed by atoms with Crippen LogP contribution in [0.25, 0.3) is 0 Å². The first kappa shape index (κ1) is 11.5. The minimum Gasteiger partial charge on any atom is -0.469 e. The van der Waals surface area contributed by atoms with E-state index in [1.807, 2.05) is 6.92 Å². The SMILES string of the molecule is COC(=O)C(C)CNCC1CCCO1. The van der Waals surface area contributed by atoms with Crippen LogP contribution >= 0.6 is 0 Å². The number of carbonyl (C=O) groups is 1. The van der Waals surface area contributed by atoms with E-state index in [1.54, 1.807) is 0 Å². The van der Waals surface area contributed by atoms with E-state index >= 15 is 0 Å². The lowest BCUT2D eigenvalue weighted by atomic mass is 10.2. The summed E-state index contributed by atoms with van der Waals surface area (Å²) in [6, 6.07) is 0. The van der Waals surface area contributed by atoms with Crippen molar-refractivity contribution in [2.45, 2.75) is 25.9 Å². The molecule has 1 aliphatic rings. The number of rotatable bonds is 5. The first-order chi connectivity index (χ1) is 6.74. The van der Waals surface area contributed by atoms with Crippen LogP contribution in [0.1, 0.15) is 19.8 Å². The van der Waals surface area contributed by atoms with Crippen molar-refractivity contribution < 1.29 is 14.3 Å². The van der Waals surface area contributed by atoms with E-state index in [1.165, 1.54) is 7.11 Å². The van der Waals surface area contributed by atoms with Crippen molar-refractivity contribution in [3.8, 4) is 0 Å². The van der Waals surface area contributed by atoms with Crippen LogP contribution in [-0.2, 0) is 14.3 Å². The largest absolute Gasteiger partial charge is 0.469 e. The number of esters is 1. The number of carbonyl (C=O) groups excluding carboxylic acids is 1. The lowest BCUT2D eigenvalue weighted by Gasteiger charge is -2.13. The molecule has 0 aromatic heterocycles. The van der Waals surface area contributed by atoms with Gasteiger partial charge in [0.2, 0.25) is 0 Å². The van der Waals surface area contributed by atoms with Crippen molar-refractivity contribution in [2.24, 2.45) is 5.92 Å². The zero-order valence-corrected chi connectivity index (χ0v) is 8.91. The third kappa shape index (κ3) is 3.64. The Morgan fingerprint density at radius 1 is 1.71 bits per heavy atom. The van der Waals surface area contributed by atoms with Gasteiger partial charge in [-0.15, -0.1) is 0 Å². The van der Waals surface area contributed by atoms with E-state index in [-0.39, 0.29) is 11.9 Å². The molecule has 1 saturated heterocycles. The van der Waals surface area contributed by atoms with Crippen molar-refractivity contribution in [1.82, 2.24) is 5.32 Å². The minimum atomic E-state index is -0.162. The van der Waals surface area contributed by atoms with Crippen LogP contribution in [0.2, 0.25) is 0 Å². The average Bonchev–Trinajstić information content (AvgIpc) is 2.69. The Morgan fingerprint density at radius 2 is 2.50 bits per heavy atom. The summed E-state index contributed by atoms with van der Waals surface area (Å²) >= 11 is 0. The lowest BCUT2D eigenvalue weighted by molar-refractivity contribution is -0.144. The van der Waals surface area contributed by atoms with Gasteiger partial charge in [-0.1, -0.05) is 6.92 Å². The molecule has 1 heterocycles. The standard InChI is InChI=1S/C10H19NO3/c1-8(10(12)13-2)6-11-7-9-4-3-5-14-9/h8-9,11H,3-7H2,1-2H3. The van der Waals surface area contributed by atoms with E-state index in [9.17, 15) is 4.79 Å². The highest BCUT2D eigenvalue weighted by Gasteiger charge is 2.17. The molecule has 0 aromatic rings. The molecule has 0 aromatic carbocycles. The fourth-order valence-electron chi connectivity index (χ4n) is 1.55. The molecule has 0 bridgehead atoms. The number of hydrogen-bond donors (Lipinski definition) is 1. The van der Waals surface area contributed by atoms with Gasteiger partial charge in [-0.05, 0) is 12.8 Å². The molecule has 1 fully saturated rings. The molecule has 0 radical (unpaired) electrons. The molecule has 1 aliphatic heterocycles. The predicted octanol–water partition coefficient (Wildman–Crippen LogP) is 0.564. The van der Waals surface area contributed by atoms with E-state index in [0.717, 1.165) is 26.0 Å². The normalized spacial score (nSPS) is 23.4. The highest BCUT2D eigenvalue weighted by Crippen LogP contribution is 2.10. The monoisotopic (exact) mass is 201 g/mol. The van der Waals surface area contributed by atoms with Crippen molar-refractivity contribution in [2.75, 3.05) is 26.8 Å². The van der Waals surface area contributed by atoms with Crippen LogP contribution in [0.5, 0.6) is 0 Å². The number of ether oxygens (including phenoxy) is 2. The molecule has 4 heteroatoms. The second kappa shape index (κ2) is 5.98. The predicted molar refractivity (Wildman–Crippen MR) is 53.0 cm³/mol. The van der Waals surface area contributed by atoms with E-state index in [4.69, 9.17) is 4.74 Å². The highest BCUT2D eigenvalue weighted by atomic mass is 16.5. The third-order valence-corrected chi connectivity index (χ3v) is 2.45. The van der Waals surface area contributed by atoms with E-state index in [2.05, 4.69) is 10.1 Å². The van der Waals surface area contributed by atoms with Gasteiger partial charge in [-0.2, -0.15) is 0 Å². The zero-order chi connectivity index (χ0) is 10.4. The Morgan fingerprint density at radius 3 is 3.07 bits per heavy atom. The molecule has 0 amide bonds. The minimum absolute atomic E-state index is 0.0820. The molecular formula is C10H19NO3. The second-order valence-electron chi connectivity index (χ2n) is 3.72. The summed E-state index contributed by atoms with van der Waals surface area (Å²) in [5, 5.41) is 3.22. The van der Waals surface area contributed by atoms with Gasteiger partial charge in [0, 0.05) is 19.7 Å². The third-order valence-electron chi connectivity index (χ3n) is 2.45. The fourth-order valence-corrected chi connectivity index (χ4v) is 1.55. The summed E-state index contributed by atoms with van der Waals surface area (Å²) in [6.07, 6.45) is 2.61. The van der Waals surface area contributed by atoms with Gasteiger partial charge < -0.3 is 14.8 Å². The van der Waals surface area contributed by atoms with E-state index < -0.39 is 0 Å². The van der Waals surface area contributed by atoms with Crippen LogP contribution in [0.4, 0.5) is 0 Å². The quantitative estimate of drug-likeness (QED) is 0.660. The maximum absolute atomic E-state index is 11.0. The molecule has 82 valence electrons. The summed E-state index contributed by atoms with van der Waals surface area (Å²) in [6.45, 7) is 4.22. The Bertz CT molecular complexity index is 178. The summed E-state index contributed by atoms with van der Waals surface area (Å²) < 4.78 is 10.1. The molecular weight excluding hydrogens is 182 g/mol. The molecule has 0 saturated carbocycles. The van der Waals surface area contributed by atoms with Gasteiger partial charge >= 0.3 is 5.97 Å². The van der Waals surface area contributed by atoms with E-state index in [0.29, 0.717) is 12.6 Å². The number of nitrogens with one attached hydrogen (secondary N) is 1. The molecule has 4 nitrogen and oxygen atoms in total. The van der Waals surface area contributed by atoms with Gasteiger partial charge in [0.25, 0.3) is 0 Å². The van der Waals surface area contributed by atoms with Crippen LogP contribution in [0.3, 0.4) is 0 Å². The van der Waals surface area contributed by atoms with Crippen LogP contribution < -0.4 is 5.32 Å². The van der Waals surface area contributed by atoms with Crippen molar-refractivity contribution in [1.29, 1.82) is 0 Å². The molecule has 14 heavy (non-hydrogen) atoms. The Labute approximate surface area is 85.0 Å². The van der Waals surface area contributed by atoms with Crippen LogP contribution in [0.15, 0.2) is 0 Å². The molecule has 1 rings (SSSR count). The van der Waals surface area contributed by atoms with Crippen LogP contribution in [-0.4, -0.2) is 38.9 Å². The molecule has 2 atom stereocenters. The molecule has 2 unspecified atom stereocenters. The van der Waals surface area contributed by atoms with Gasteiger partial charge in [0.1, 0.15) is 0 Å². The first-order valence-corrected chi connectivity index (χ1v) is 5.14. The van der Waals surface area contributed by atoms with Gasteiger partial charge in [-0.3, -0.25) is 4.79 Å². The molecule has 1 N–H and O–H groups in total. The Kier molecular flexibility index (Phi) is 4.90. The van der Waals surface area contributed by atoms with Gasteiger partial charge in [-0.25, -0.2) is 0 Å².